The molecular formula is C18H24F3N5O2. The zero-order valence-corrected chi connectivity index (χ0v) is 16.1. The molecule has 0 saturated carbocycles. The number of ether oxygens (including phenoxy) is 1. The van der Waals surface area contributed by atoms with Gasteiger partial charge in [-0.25, -0.2) is 4.98 Å². The minimum absolute atomic E-state index is 0.127. The molecule has 10 heteroatoms. The number of nitrogens with zero attached hydrogens (tertiary/aromatic N) is 3. The van der Waals surface area contributed by atoms with Crippen LogP contribution in [0.3, 0.4) is 0 Å². The van der Waals surface area contributed by atoms with E-state index in [9.17, 15) is 13.2 Å². The molecule has 7 nitrogen and oxygen atoms in total. The molecular weight excluding hydrogens is 375 g/mol. The maximum Gasteiger partial charge on any atom is 0.417 e. The number of alkyl halides is 3. The fourth-order valence-corrected chi connectivity index (χ4v) is 2.49. The molecule has 28 heavy (non-hydrogen) atoms. The maximum absolute atomic E-state index is 12.5. The third kappa shape index (κ3) is 5.86. The van der Waals surface area contributed by atoms with E-state index in [0.717, 1.165) is 42.1 Å². The van der Waals surface area contributed by atoms with Crippen molar-refractivity contribution in [3.05, 3.63) is 40.9 Å². The van der Waals surface area contributed by atoms with Crippen molar-refractivity contribution in [3.63, 3.8) is 0 Å². The summed E-state index contributed by atoms with van der Waals surface area (Å²) in [6.45, 7) is 5.15. The van der Waals surface area contributed by atoms with Crippen molar-refractivity contribution in [1.29, 1.82) is 0 Å². The number of pyridine rings is 1. The van der Waals surface area contributed by atoms with E-state index in [1.165, 1.54) is 6.07 Å². The molecule has 0 fully saturated rings. The largest absolute Gasteiger partial charge is 0.476 e. The molecule has 0 aliphatic rings. The highest BCUT2D eigenvalue weighted by molar-refractivity contribution is 5.79. The Morgan fingerprint density at radius 1 is 1.21 bits per heavy atom. The SMILES string of the molecule is CCc1noc(CC)c1CNC(=NC)NCCOc1ccc(C(F)(F)F)cn1. The second-order valence-electron chi connectivity index (χ2n) is 5.82. The van der Waals surface area contributed by atoms with Gasteiger partial charge in [0, 0.05) is 37.8 Å². The molecule has 0 saturated heterocycles. The number of aromatic nitrogens is 2. The molecule has 0 bridgehead atoms. The van der Waals surface area contributed by atoms with Crippen LogP contribution in [0.5, 0.6) is 5.88 Å². The standard InChI is InChI=1S/C18H24F3N5O2/c1-4-14-13(15(5-2)28-26-14)11-25-17(22-3)23-8-9-27-16-7-6-12(10-24-16)18(19,20)21/h6-7,10H,4-5,8-9,11H2,1-3H3,(H2,22,23,25). The summed E-state index contributed by atoms with van der Waals surface area (Å²) in [6, 6.07) is 2.13. The van der Waals surface area contributed by atoms with Gasteiger partial charge in [-0.05, 0) is 12.5 Å². The number of halogens is 3. The molecule has 0 atom stereocenters. The first-order valence-electron chi connectivity index (χ1n) is 8.95. The fourth-order valence-electron chi connectivity index (χ4n) is 2.49. The molecule has 0 spiro atoms. The quantitative estimate of drug-likeness (QED) is 0.403. The summed E-state index contributed by atoms with van der Waals surface area (Å²) in [5, 5.41) is 10.3. The molecule has 2 rings (SSSR count). The minimum Gasteiger partial charge on any atom is -0.476 e. The minimum atomic E-state index is -4.41. The molecule has 0 aliphatic heterocycles. The van der Waals surface area contributed by atoms with E-state index >= 15 is 0 Å². The van der Waals surface area contributed by atoms with Crippen molar-refractivity contribution >= 4 is 5.96 Å². The maximum atomic E-state index is 12.5. The van der Waals surface area contributed by atoms with Crippen molar-refractivity contribution in [2.45, 2.75) is 39.4 Å². The van der Waals surface area contributed by atoms with Crippen LogP contribution in [0.15, 0.2) is 27.8 Å². The first-order chi connectivity index (χ1) is 13.4. The lowest BCUT2D eigenvalue weighted by molar-refractivity contribution is -0.137. The summed E-state index contributed by atoms with van der Waals surface area (Å²) in [6.07, 6.45) is -2.13. The summed E-state index contributed by atoms with van der Waals surface area (Å²) < 4.78 is 48.2. The van der Waals surface area contributed by atoms with Gasteiger partial charge in [0.05, 0.1) is 17.8 Å². The number of hydrogen-bond donors (Lipinski definition) is 2. The predicted octanol–water partition coefficient (Wildman–Crippen LogP) is 2.96. The molecule has 0 unspecified atom stereocenters. The summed E-state index contributed by atoms with van der Waals surface area (Å²) in [5.74, 6) is 1.54. The van der Waals surface area contributed by atoms with Crippen LogP contribution >= 0.6 is 0 Å². The van der Waals surface area contributed by atoms with E-state index in [-0.39, 0.29) is 12.5 Å². The van der Waals surface area contributed by atoms with Gasteiger partial charge in [-0.1, -0.05) is 19.0 Å². The summed E-state index contributed by atoms with van der Waals surface area (Å²) >= 11 is 0. The van der Waals surface area contributed by atoms with E-state index in [0.29, 0.717) is 19.0 Å². The molecule has 0 amide bonds. The van der Waals surface area contributed by atoms with Crippen LogP contribution in [0.1, 0.15) is 36.4 Å². The van der Waals surface area contributed by atoms with Gasteiger partial charge in [0.25, 0.3) is 0 Å². The third-order valence-electron chi connectivity index (χ3n) is 3.97. The van der Waals surface area contributed by atoms with E-state index in [2.05, 4.69) is 25.8 Å². The average molecular weight is 399 g/mol. The second-order valence-corrected chi connectivity index (χ2v) is 5.82. The number of rotatable bonds is 8. The molecule has 2 aromatic heterocycles. The lowest BCUT2D eigenvalue weighted by Gasteiger charge is -2.13. The Morgan fingerprint density at radius 3 is 2.57 bits per heavy atom. The molecule has 154 valence electrons. The van der Waals surface area contributed by atoms with E-state index in [1.807, 2.05) is 13.8 Å². The van der Waals surface area contributed by atoms with Crippen LogP contribution in [-0.4, -0.2) is 36.3 Å². The lowest BCUT2D eigenvalue weighted by Crippen LogP contribution is -2.39. The van der Waals surface area contributed by atoms with Crippen LogP contribution < -0.4 is 15.4 Å². The van der Waals surface area contributed by atoms with Crippen molar-refractivity contribution in [2.24, 2.45) is 4.99 Å². The molecule has 2 aromatic rings. The van der Waals surface area contributed by atoms with Gasteiger partial charge in [0.1, 0.15) is 12.4 Å². The van der Waals surface area contributed by atoms with Crippen LogP contribution in [0.4, 0.5) is 13.2 Å². The van der Waals surface area contributed by atoms with Crippen molar-refractivity contribution in [1.82, 2.24) is 20.8 Å². The van der Waals surface area contributed by atoms with Gasteiger partial charge >= 0.3 is 6.18 Å². The molecule has 0 aliphatic carbocycles. The van der Waals surface area contributed by atoms with Crippen LogP contribution in [0.25, 0.3) is 0 Å². The Labute approximate surface area is 161 Å². The number of nitrogens with one attached hydrogen (secondary N) is 2. The van der Waals surface area contributed by atoms with E-state index < -0.39 is 11.7 Å². The summed E-state index contributed by atoms with van der Waals surface area (Å²) in [4.78, 5) is 7.79. The van der Waals surface area contributed by atoms with E-state index in [4.69, 9.17) is 9.26 Å². The normalized spacial score (nSPS) is 12.1. The van der Waals surface area contributed by atoms with Gasteiger partial charge < -0.3 is 19.9 Å². The summed E-state index contributed by atoms with van der Waals surface area (Å²) in [7, 11) is 1.64. The van der Waals surface area contributed by atoms with Gasteiger partial charge in [0.2, 0.25) is 5.88 Å². The zero-order valence-electron chi connectivity index (χ0n) is 16.1. The highest BCUT2D eigenvalue weighted by Gasteiger charge is 2.30. The third-order valence-corrected chi connectivity index (χ3v) is 3.97. The highest BCUT2D eigenvalue weighted by Crippen LogP contribution is 2.29. The zero-order chi connectivity index (χ0) is 20.6. The Bertz CT molecular complexity index is 751. The monoisotopic (exact) mass is 399 g/mol. The van der Waals surface area contributed by atoms with Gasteiger partial charge in [-0.3, -0.25) is 4.99 Å². The first kappa shape index (κ1) is 21.5. The Balaban J connectivity index is 1.78. The smallest absolute Gasteiger partial charge is 0.417 e. The van der Waals surface area contributed by atoms with Gasteiger partial charge in [-0.2, -0.15) is 13.2 Å². The van der Waals surface area contributed by atoms with Gasteiger partial charge in [0.15, 0.2) is 5.96 Å². The predicted molar refractivity (Wildman–Crippen MR) is 98.2 cm³/mol. The van der Waals surface area contributed by atoms with Crippen molar-refractivity contribution in [3.8, 4) is 5.88 Å². The fraction of sp³-hybridized carbons (Fsp3) is 0.500. The van der Waals surface area contributed by atoms with E-state index in [1.54, 1.807) is 7.05 Å². The highest BCUT2D eigenvalue weighted by atomic mass is 19.4. The molecule has 2 N–H and O–H groups in total. The first-order valence-corrected chi connectivity index (χ1v) is 8.95. The topological polar surface area (TPSA) is 84.6 Å². The molecule has 0 radical (unpaired) electrons. The second kappa shape index (κ2) is 9.95. The average Bonchev–Trinajstić information content (AvgIpc) is 3.09. The number of aliphatic imine (C=N–C) groups is 1. The van der Waals surface area contributed by atoms with Crippen molar-refractivity contribution < 1.29 is 22.4 Å². The van der Waals surface area contributed by atoms with Crippen LogP contribution in [0, 0.1) is 0 Å². The molecule has 0 aromatic carbocycles. The Hall–Kier alpha value is -2.78. The lowest BCUT2D eigenvalue weighted by atomic mass is 10.1. The van der Waals surface area contributed by atoms with Crippen molar-refractivity contribution in [2.75, 3.05) is 20.2 Å². The van der Waals surface area contributed by atoms with Crippen LogP contribution in [0.2, 0.25) is 0 Å². The van der Waals surface area contributed by atoms with Crippen LogP contribution in [-0.2, 0) is 25.6 Å². The number of aryl methyl sites for hydroxylation is 2. The number of guanidine groups is 1. The number of hydrogen-bond acceptors (Lipinski definition) is 5. The van der Waals surface area contributed by atoms with Gasteiger partial charge in [-0.15, -0.1) is 0 Å². The Kier molecular flexibility index (Phi) is 7.65. The summed E-state index contributed by atoms with van der Waals surface area (Å²) in [5.41, 5.74) is 1.13. The molecule has 2 heterocycles. The Morgan fingerprint density at radius 2 is 2.00 bits per heavy atom.